The second-order valence-corrected chi connectivity index (χ2v) is 8.70. The summed E-state index contributed by atoms with van der Waals surface area (Å²) in [7, 11) is -4.24. The van der Waals surface area contributed by atoms with Gasteiger partial charge in [0.25, 0.3) is 0 Å². The van der Waals surface area contributed by atoms with E-state index in [0.717, 1.165) is 28.1 Å². The van der Waals surface area contributed by atoms with Crippen LogP contribution >= 0.6 is 15.9 Å². The second kappa shape index (κ2) is 7.67. The van der Waals surface area contributed by atoms with Gasteiger partial charge >= 0.3 is 0 Å². The van der Waals surface area contributed by atoms with E-state index < -0.39 is 26.6 Å². The van der Waals surface area contributed by atoms with Crippen molar-refractivity contribution in [1.29, 1.82) is 0 Å². The lowest BCUT2D eigenvalue weighted by Gasteiger charge is -2.34. The van der Waals surface area contributed by atoms with Crippen molar-refractivity contribution in [2.24, 2.45) is 0 Å². The van der Waals surface area contributed by atoms with Gasteiger partial charge in [-0.1, -0.05) is 28.1 Å². The van der Waals surface area contributed by atoms with Crippen molar-refractivity contribution in [3.05, 3.63) is 63.9 Å². The molecule has 0 saturated carbocycles. The van der Waals surface area contributed by atoms with E-state index >= 15 is 0 Å². The highest BCUT2D eigenvalue weighted by molar-refractivity contribution is 9.10. The van der Waals surface area contributed by atoms with Gasteiger partial charge in [-0.15, -0.1) is 0 Å². The summed E-state index contributed by atoms with van der Waals surface area (Å²) in [5.41, 5.74) is 0.878. The zero-order valence-electron chi connectivity index (χ0n) is 13.6. The first-order valence-corrected chi connectivity index (χ1v) is 10.1. The van der Waals surface area contributed by atoms with Crippen molar-refractivity contribution >= 4 is 26.0 Å². The molecule has 0 bridgehead atoms. The van der Waals surface area contributed by atoms with Gasteiger partial charge in [0.05, 0.1) is 0 Å². The Labute approximate surface area is 158 Å². The number of hydrogen-bond donors (Lipinski definition) is 0. The molecular formula is C17H16BrF3N2O2S. The molecule has 26 heavy (non-hydrogen) atoms. The number of nitrogens with zero attached hydrogens (tertiary/aromatic N) is 2. The molecule has 1 saturated heterocycles. The lowest BCUT2D eigenvalue weighted by atomic mass is 10.2. The van der Waals surface area contributed by atoms with E-state index in [0.29, 0.717) is 24.1 Å². The largest absolute Gasteiger partial charge is 0.296 e. The summed E-state index contributed by atoms with van der Waals surface area (Å²) in [6.45, 7) is 1.56. The molecule has 0 spiro atoms. The van der Waals surface area contributed by atoms with E-state index in [4.69, 9.17) is 0 Å². The quantitative estimate of drug-likeness (QED) is 0.719. The third-order valence-corrected chi connectivity index (χ3v) is 6.95. The van der Waals surface area contributed by atoms with Crippen LogP contribution in [0.1, 0.15) is 5.56 Å². The van der Waals surface area contributed by atoms with Crippen LogP contribution in [0.25, 0.3) is 0 Å². The molecule has 2 aromatic rings. The summed E-state index contributed by atoms with van der Waals surface area (Å²) in [4.78, 5) is 1.09. The monoisotopic (exact) mass is 448 g/mol. The first kappa shape index (κ1) is 19.3. The van der Waals surface area contributed by atoms with Crippen molar-refractivity contribution < 1.29 is 21.6 Å². The molecule has 0 aliphatic carbocycles. The van der Waals surface area contributed by atoms with Gasteiger partial charge in [-0.05, 0) is 29.8 Å². The summed E-state index contributed by atoms with van der Waals surface area (Å²) < 4.78 is 67.7. The zero-order chi connectivity index (χ0) is 18.9. The fourth-order valence-corrected chi connectivity index (χ4v) is 4.88. The summed E-state index contributed by atoms with van der Waals surface area (Å²) in [5.74, 6) is -2.53. The lowest BCUT2D eigenvalue weighted by Crippen LogP contribution is -2.48. The van der Waals surface area contributed by atoms with Crippen LogP contribution in [0, 0.1) is 17.5 Å². The lowest BCUT2D eigenvalue weighted by molar-refractivity contribution is 0.181. The number of hydrogen-bond acceptors (Lipinski definition) is 3. The van der Waals surface area contributed by atoms with Gasteiger partial charge in [-0.3, -0.25) is 4.90 Å². The van der Waals surface area contributed by atoms with E-state index in [1.165, 1.54) is 12.1 Å². The topological polar surface area (TPSA) is 40.6 Å². The van der Waals surface area contributed by atoms with E-state index in [1.807, 2.05) is 4.90 Å². The Bertz CT molecular complexity index is 896. The first-order chi connectivity index (χ1) is 12.3. The number of sulfonamides is 1. The molecule has 1 aliphatic heterocycles. The van der Waals surface area contributed by atoms with Gasteiger partial charge in [0.1, 0.15) is 17.5 Å². The Morgan fingerprint density at radius 3 is 2.15 bits per heavy atom. The Kier molecular flexibility index (Phi) is 5.71. The van der Waals surface area contributed by atoms with E-state index in [-0.39, 0.29) is 18.9 Å². The van der Waals surface area contributed by atoms with Gasteiger partial charge in [0, 0.05) is 37.2 Å². The Morgan fingerprint density at radius 2 is 1.58 bits per heavy atom. The molecule has 0 N–H and O–H groups in total. The third kappa shape index (κ3) is 3.95. The standard InChI is InChI=1S/C17H16BrF3N2O2S/c18-14-10-13(19)5-4-12(14)11-22-6-8-23(9-7-22)26(24,25)17-15(20)2-1-3-16(17)21/h1-5,10H,6-9,11H2. The third-order valence-electron chi connectivity index (χ3n) is 4.26. The maximum Gasteiger partial charge on any atom is 0.249 e. The number of benzene rings is 2. The van der Waals surface area contributed by atoms with Crippen LogP contribution in [0.4, 0.5) is 13.2 Å². The van der Waals surface area contributed by atoms with Crippen LogP contribution in [-0.2, 0) is 16.6 Å². The van der Waals surface area contributed by atoms with Crippen LogP contribution in [0.2, 0.25) is 0 Å². The molecule has 0 unspecified atom stereocenters. The Morgan fingerprint density at radius 1 is 0.962 bits per heavy atom. The summed E-state index contributed by atoms with van der Waals surface area (Å²) in [5, 5.41) is 0. The molecule has 0 atom stereocenters. The molecule has 1 fully saturated rings. The van der Waals surface area contributed by atoms with Gasteiger partial charge < -0.3 is 0 Å². The smallest absolute Gasteiger partial charge is 0.249 e. The summed E-state index contributed by atoms with van der Waals surface area (Å²) in [6.07, 6.45) is 0. The van der Waals surface area contributed by atoms with E-state index in [2.05, 4.69) is 15.9 Å². The number of rotatable bonds is 4. The molecule has 140 valence electrons. The highest BCUT2D eigenvalue weighted by Gasteiger charge is 2.33. The molecule has 1 heterocycles. The minimum atomic E-state index is -4.24. The van der Waals surface area contributed by atoms with Gasteiger partial charge in [-0.25, -0.2) is 21.6 Å². The molecule has 9 heteroatoms. The van der Waals surface area contributed by atoms with Crippen molar-refractivity contribution in [1.82, 2.24) is 9.21 Å². The van der Waals surface area contributed by atoms with Crippen LogP contribution in [-0.4, -0.2) is 43.8 Å². The van der Waals surface area contributed by atoms with Crippen LogP contribution in [0.5, 0.6) is 0 Å². The van der Waals surface area contributed by atoms with Gasteiger partial charge in [0.2, 0.25) is 10.0 Å². The summed E-state index contributed by atoms with van der Waals surface area (Å²) in [6, 6.07) is 7.38. The SMILES string of the molecule is O=S(=O)(c1c(F)cccc1F)N1CCN(Cc2ccc(F)cc2Br)CC1. The van der Waals surface area contributed by atoms with Crippen molar-refractivity contribution in [3.63, 3.8) is 0 Å². The van der Waals surface area contributed by atoms with Crippen LogP contribution in [0.3, 0.4) is 0 Å². The fourth-order valence-electron chi connectivity index (χ4n) is 2.88. The molecule has 0 aromatic heterocycles. The fraction of sp³-hybridized carbons (Fsp3) is 0.294. The highest BCUT2D eigenvalue weighted by Crippen LogP contribution is 2.25. The minimum absolute atomic E-state index is 0.120. The van der Waals surface area contributed by atoms with E-state index in [1.54, 1.807) is 6.07 Å². The molecule has 0 amide bonds. The number of piperazine rings is 1. The predicted molar refractivity (Wildman–Crippen MR) is 94.5 cm³/mol. The van der Waals surface area contributed by atoms with E-state index in [9.17, 15) is 21.6 Å². The van der Waals surface area contributed by atoms with Crippen molar-refractivity contribution in [3.8, 4) is 0 Å². The van der Waals surface area contributed by atoms with Crippen molar-refractivity contribution in [2.45, 2.75) is 11.4 Å². The zero-order valence-corrected chi connectivity index (χ0v) is 16.0. The van der Waals surface area contributed by atoms with Gasteiger partial charge in [0.15, 0.2) is 4.90 Å². The molecule has 1 aliphatic rings. The Balaban J connectivity index is 1.70. The average molecular weight is 449 g/mol. The second-order valence-electron chi connectivity index (χ2n) is 5.97. The van der Waals surface area contributed by atoms with Crippen LogP contribution < -0.4 is 0 Å². The Hall–Kier alpha value is -1.42. The highest BCUT2D eigenvalue weighted by atomic mass is 79.9. The predicted octanol–water partition coefficient (Wildman–Crippen LogP) is 3.37. The molecule has 0 radical (unpaired) electrons. The molecule has 3 rings (SSSR count). The first-order valence-electron chi connectivity index (χ1n) is 7.89. The summed E-state index contributed by atoms with van der Waals surface area (Å²) >= 11 is 3.31. The molecular weight excluding hydrogens is 433 g/mol. The molecule has 4 nitrogen and oxygen atoms in total. The van der Waals surface area contributed by atoms with Crippen LogP contribution in [0.15, 0.2) is 45.8 Å². The van der Waals surface area contributed by atoms with Gasteiger partial charge in [-0.2, -0.15) is 4.31 Å². The average Bonchev–Trinajstić information content (AvgIpc) is 2.57. The normalized spacial score (nSPS) is 16.8. The van der Waals surface area contributed by atoms with Crippen molar-refractivity contribution in [2.75, 3.05) is 26.2 Å². The molecule has 2 aromatic carbocycles. The number of halogens is 4. The maximum absolute atomic E-state index is 13.9. The minimum Gasteiger partial charge on any atom is -0.296 e. The maximum atomic E-state index is 13.9.